The predicted molar refractivity (Wildman–Crippen MR) is 53.2 cm³/mol. The highest BCUT2D eigenvalue weighted by Gasteiger charge is 2.35. The van der Waals surface area contributed by atoms with Crippen LogP contribution in [0, 0.1) is 17.3 Å². The van der Waals surface area contributed by atoms with E-state index in [0.717, 1.165) is 0 Å². The standard InChI is InChI=1S/C10H20N2/c1-7(2)9-8(6-11-12-9)10(3,4)5/h6-9,12H,1-5H3. The fourth-order valence-electron chi connectivity index (χ4n) is 1.71. The Bertz CT molecular complexity index is 177. The minimum absolute atomic E-state index is 0.321. The van der Waals surface area contributed by atoms with Gasteiger partial charge >= 0.3 is 0 Å². The van der Waals surface area contributed by atoms with Crippen molar-refractivity contribution in [1.82, 2.24) is 5.43 Å². The Labute approximate surface area is 75.4 Å². The zero-order chi connectivity index (χ0) is 9.35. The van der Waals surface area contributed by atoms with E-state index >= 15 is 0 Å². The van der Waals surface area contributed by atoms with Gasteiger partial charge in [0.1, 0.15) is 0 Å². The topological polar surface area (TPSA) is 24.4 Å². The van der Waals surface area contributed by atoms with Crippen LogP contribution in [-0.2, 0) is 0 Å². The van der Waals surface area contributed by atoms with E-state index in [1.54, 1.807) is 0 Å². The summed E-state index contributed by atoms with van der Waals surface area (Å²) in [5.41, 5.74) is 3.50. The lowest BCUT2D eigenvalue weighted by atomic mass is 9.74. The summed E-state index contributed by atoms with van der Waals surface area (Å²) < 4.78 is 0. The number of nitrogens with one attached hydrogen (secondary N) is 1. The van der Waals surface area contributed by atoms with E-state index in [1.165, 1.54) is 0 Å². The molecular formula is C10H20N2. The fourth-order valence-corrected chi connectivity index (χ4v) is 1.71. The van der Waals surface area contributed by atoms with Gasteiger partial charge in [0.2, 0.25) is 0 Å². The molecule has 0 saturated heterocycles. The second kappa shape index (κ2) is 3.08. The van der Waals surface area contributed by atoms with Gasteiger partial charge in [-0.05, 0) is 11.3 Å². The first kappa shape index (κ1) is 9.56. The summed E-state index contributed by atoms with van der Waals surface area (Å²) >= 11 is 0. The van der Waals surface area contributed by atoms with Crippen molar-refractivity contribution in [3.05, 3.63) is 0 Å². The lowest BCUT2D eigenvalue weighted by molar-refractivity contribution is 0.230. The lowest BCUT2D eigenvalue weighted by Crippen LogP contribution is -2.39. The number of hydrogen-bond donors (Lipinski definition) is 1. The number of hydrazone groups is 1. The maximum atomic E-state index is 4.16. The maximum absolute atomic E-state index is 4.16. The second-order valence-electron chi connectivity index (χ2n) is 5.07. The Morgan fingerprint density at radius 1 is 1.33 bits per heavy atom. The van der Waals surface area contributed by atoms with E-state index in [0.29, 0.717) is 23.3 Å². The fraction of sp³-hybridized carbons (Fsp3) is 0.900. The third-order valence-corrected chi connectivity index (χ3v) is 2.56. The summed E-state index contributed by atoms with van der Waals surface area (Å²) in [6.07, 6.45) is 2.06. The van der Waals surface area contributed by atoms with Crippen molar-refractivity contribution < 1.29 is 0 Å². The lowest BCUT2D eigenvalue weighted by Gasteiger charge is -2.32. The molecular weight excluding hydrogens is 148 g/mol. The van der Waals surface area contributed by atoms with Crippen LogP contribution >= 0.6 is 0 Å². The summed E-state index contributed by atoms with van der Waals surface area (Å²) in [6, 6.07) is 0.519. The molecule has 0 aliphatic carbocycles. The highest BCUT2D eigenvalue weighted by molar-refractivity contribution is 5.64. The van der Waals surface area contributed by atoms with Gasteiger partial charge in [0.05, 0.1) is 6.04 Å². The van der Waals surface area contributed by atoms with E-state index in [1.807, 2.05) is 0 Å². The Kier molecular flexibility index (Phi) is 2.45. The third kappa shape index (κ3) is 1.79. The van der Waals surface area contributed by atoms with Crippen LogP contribution in [0.15, 0.2) is 5.10 Å². The molecule has 12 heavy (non-hydrogen) atoms. The van der Waals surface area contributed by atoms with Crippen LogP contribution in [0.4, 0.5) is 0 Å². The highest BCUT2D eigenvalue weighted by atomic mass is 15.3. The molecule has 70 valence electrons. The van der Waals surface area contributed by atoms with Crippen molar-refractivity contribution in [3.63, 3.8) is 0 Å². The van der Waals surface area contributed by atoms with Crippen LogP contribution in [-0.4, -0.2) is 12.3 Å². The van der Waals surface area contributed by atoms with Gasteiger partial charge in [-0.15, -0.1) is 0 Å². The molecule has 2 atom stereocenters. The van der Waals surface area contributed by atoms with Crippen molar-refractivity contribution in [3.8, 4) is 0 Å². The van der Waals surface area contributed by atoms with Gasteiger partial charge in [-0.2, -0.15) is 5.10 Å². The average molecular weight is 168 g/mol. The first-order chi connectivity index (χ1) is 5.43. The molecule has 0 amide bonds. The van der Waals surface area contributed by atoms with Crippen molar-refractivity contribution >= 4 is 6.21 Å². The van der Waals surface area contributed by atoms with Crippen molar-refractivity contribution in [1.29, 1.82) is 0 Å². The summed E-state index contributed by atoms with van der Waals surface area (Å²) in [6.45, 7) is 11.3. The molecule has 0 bridgehead atoms. The summed E-state index contributed by atoms with van der Waals surface area (Å²) in [4.78, 5) is 0. The summed E-state index contributed by atoms with van der Waals surface area (Å²) in [5.74, 6) is 1.22. The largest absolute Gasteiger partial charge is 0.306 e. The van der Waals surface area contributed by atoms with Crippen molar-refractivity contribution in [2.75, 3.05) is 0 Å². The van der Waals surface area contributed by atoms with Gasteiger partial charge in [0, 0.05) is 12.1 Å². The van der Waals surface area contributed by atoms with Gasteiger partial charge in [-0.1, -0.05) is 34.6 Å². The van der Waals surface area contributed by atoms with Gasteiger partial charge in [-0.3, -0.25) is 0 Å². The van der Waals surface area contributed by atoms with Crippen molar-refractivity contribution in [2.24, 2.45) is 22.4 Å². The normalized spacial score (nSPS) is 29.5. The van der Waals surface area contributed by atoms with Crippen LogP contribution in [0.25, 0.3) is 0 Å². The molecule has 2 unspecified atom stereocenters. The van der Waals surface area contributed by atoms with E-state index < -0.39 is 0 Å². The molecule has 1 heterocycles. The minimum atomic E-state index is 0.321. The molecule has 0 aromatic rings. The van der Waals surface area contributed by atoms with E-state index in [-0.39, 0.29) is 0 Å². The zero-order valence-electron chi connectivity index (χ0n) is 8.76. The Morgan fingerprint density at radius 3 is 2.25 bits per heavy atom. The zero-order valence-corrected chi connectivity index (χ0v) is 8.76. The molecule has 1 rings (SSSR count). The van der Waals surface area contributed by atoms with Crippen LogP contribution < -0.4 is 5.43 Å². The molecule has 1 N–H and O–H groups in total. The highest BCUT2D eigenvalue weighted by Crippen LogP contribution is 2.32. The first-order valence-electron chi connectivity index (χ1n) is 4.71. The van der Waals surface area contributed by atoms with Crippen LogP contribution in [0.3, 0.4) is 0 Å². The molecule has 0 aromatic heterocycles. The SMILES string of the molecule is CC(C)C1NN=CC1C(C)(C)C. The molecule has 0 fully saturated rings. The van der Waals surface area contributed by atoms with Gasteiger partial charge in [-0.25, -0.2) is 0 Å². The smallest absolute Gasteiger partial charge is 0.0546 e. The van der Waals surface area contributed by atoms with Gasteiger partial charge in [0.15, 0.2) is 0 Å². The molecule has 0 aromatic carbocycles. The van der Waals surface area contributed by atoms with Crippen LogP contribution in [0.5, 0.6) is 0 Å². The molecule has 2 nitrogen and oxygen atoms in total. The Hall–Kier alpha value is -0.530. The molecule has 0 radical (unpaired) electrons. The number of hydrogen-bond acceptors (Lipinski definition) is 2. The Morgan fingerprint density at radius 2 is 1.92 bits per heavy atom. The maximum Gasteiger partial charge on any atom is 0.0546 e. The van der Waals surface area contributed by atoms with Crippen LogP contribution in [0.2, 0.25) is 0 Å². The number of nitrogens with zero attached hydrogens (tertiary/aromatic N) is 1. The monoisotopic (exact) mass is 168 g/mol. The molecule has 1 aliphatic heterocycles. The van der Waals surface area contributed by atoms with Crippen LogP contribution in [0.1, 0.15) is 34.6 Å². The molecule has 0 saturated carbocycles. The Balaban J connectivity index is 2.70. The van der Waals surface area contributed by atoms with Gasteiger partial charge in [0.25, 0.3) is 0 Å². The summed E-state index contributed by atoms with van der Waals surface area (Å²) in [7, 11) is 0. The minimum Gasteiger partial charge on any atom is -0.306 e. The van der Waals surface area contributed by atoms with E-state index in [2.05, 4.69) is 51.4 Å². The average Bonchev–Trinajstić information content (AvgIpc) is 2.30. The van der Waals surface area contributed by atoms with Gasteiger partial charge < -0.3 is 5.43 Å². The quantitative estimate of drug-likeness (QED) is 0.638. The van der Waals surface area contributed by atoms with E-state index in [9.17, 15) is 0 Å². The predicted octanol–water partition coefficient (Wildman–Crippen LogP) is 2.26. The third-order valence-electron chi connectivity index (χ3n) is 2.56. The summed E-state index contributed by atoms with van der Waals surface area (Å²) in [5, 5.41) is 4.16. The molecule has 1 aliphatic rings. The number of rotatable bonds is 1. The molecule has 0 spiro atoms. The first-order valence-corrected chi connectivity index (χ1v) is 4.71. The second-order valence-corrected chi connectivity index (χ2v) is 5.07. The van der Waals surface area contributed by atoms with Crippen molar-refractivity contribution in [2.45, 2.75) is 40.7 Å². The van der Waals surface area contributed by atoms with E-state index in [4.69, 9.17) is 0 Å². The molecule has 2 heteroatoms.